The Balaban J connectivity index is 1.77. The van der Waals surface area contributed by atoms with Crippen LogP contribution in [0.25, 0.3) is 0 Å². The third-order valence-electron chi connectivity index (χ3n) is 3.55. The van der Waals surface area contributed by atoms with Crippen molar-refractivity contribution in [3.8, 4) is 0 Å². The van der Waals surface area contributed by atoms with E-state index in [1.807, 2.05) is 0 Å². The van der Waals surface area contributed by atoms with Crippen molar-refractivity contribution in [2.45, 2.75) is 19.3 Å². The van der Waals surface area contributed by atoms with Crippen molar-refractivity contribution in [1.29, 1.82) is 0 Å². The standard InChI is InChI=1S/C14H22N4O2/c1-20-11-12-4-3-8-18(9-6-12)10-14(19)16-13-5-2-7-15-17-13/h2,5,7,12H,3-4,6,8-11H2,1H3,(H,16,17,19). The minimum Gasteiger partial charge on any atom is -0.384 e. The van der Waals surface area contributed by atoms with Crippen LogP contribution in [0.15, 0.2) is 18.3 Å². The number of aromatic nitrogens is 2. The number of anilines is 1. The van der Waals surface area contributed by atoms with Crippen LogP contribution in [0.3, 0.4) is 0 Å². The second-order valence-electron chi connectivity index (χ2n) is 5.19. The van der Waals surface area contributed by atoms with Crippen LogP contribution >= 0.6 is 0 Å². The summed E-state index contributed by atoms with van der Waals surface area (Å²) in [6, 6.07) is 3.49. The summed E-state index contributed by atoms with van der Waals surface area (Å²) in [6.07, 6.45) is 4.97. The molecule has 0 aromatic carbocycles. The molecule has 1 amide bonds. The number of methoxy groups -OCH3 is 1. The zero-order valence-electron chi connectivity index (χ0n) is 11.9. The summed E-state index contributed by atoms with van der Waals surface area (Å²) in [5, 5.41) is 10.4. The first kappa shape index (κ1) is 14.9. The van der Waals surface area contributed by atoms with E-state index < -0.39 is 0 Å². The van der Waals surface area contributed by atoms with Gasteiger partial charge < -0.3 is 10.1 Å². The topological polar surface area (TPSA) is 67.3 Å². The number of amides is 1. The van der Waals surface area contributed by atoms with Crippen molar-refractivity contribution >= 4 is 11.7 Å². The summed E-state index contributed by atoms with van der Waals surface area (Å²) < 4.78 is 5.22. The fraction of sp³-hybridized carbons (Fsp3) is 0.643. The number of ether oxygens (including phenoxy) is 1. The van der Waals surface area contributed by atoms with Crippen molar-refractivity contribution in [1.82, 2.24) is 15.1 Å². The van der Waals surface area contributed by atoms with E-state index in [4.69, 9.17) is 4.74 Å². The van der Waals surface area contributed by atoms with E-state index in [2.05, 4.69) is 20.4 Å². The molecular formula is C14H22N4O2. The van der Waals surface area contributed by atoms with Gasteiger partial charge >= 0.3 is 0 Å². The van der Waals surface area contributed by atoms with E-state index in [-0.39, 0.29) is 5.91 Å². The van der Waals surface area contributed by atoms with Gasteiger partial charge in [0.25, 0.3) is 0 Å². The number of hydrogen-bond donors (Lipinski definition) is 1. The summed E-state index contributed by atoms with van der Waals surface area (Å²) in [7, 11) is 1.75. The molecule has 110 valence electrons. The minimum absolute atomic E-state index is 0.0318. The third kappa shape index (κ3) is 4.86. The Kier molecular flexibility index (Phi) is 5.88. The fourth-order valence-corrected chi connectivity index (χ4v) is 2.54. The monoisotopic (exact) mass is 278 g/mol. The van der Waals surface area contributed by atoms with E-state index in [1.54, 1.807) is 25.4 Å². The average molecular weight is 278 g/mol. The fourth-order valence-electron chi connectivity index (χ4n) is 2.54. The summed E-state index contributed by atoms with van der Waals surface area (Å²) >= 11 is 0. The van der Waals surface area contributed by atoms with E-state index in [9.17, 15) is 4.79 Å². The molecule has 1 aromatic heterocycles. The first-order valence-electron chi connectivity index (χ1n) is 7.07. The lowest BCUT2D eigenvalue weighted by Crippen LogP contribution is -2.34. The van der Waals surface area contributed by atoms with Crippen molar-refractivity contribution in [3.63, 3.8) is 0 Å². The first-order valence-corrected chi connectivity index (χ1v) is 7.07. The maximum atomic E-state index is 12.0. The van der Waals surface area contributed by atoms with E-state index in [1.165, 1.54) is 6.42 Å². The van der Waals surface area contributed by atoms with Crippen LogP contribution in [0.1, 0.15) is 19.3 Å². The summed E-state index contributed by atoms with van der Waals surface area (Å²) in [4.78, 5) is 14.2. The molecule has 1 aliphatic rings. The van der Waals surface area contributed by atoms with Gasteiger partial charge in [-0.05, 0) is 50.4 Å². The maximum absolute atomic E-state index is 12.0. The number of carbonyl (C=O) groups excluding carboxylic acids is 1. The molecule has 1 aliphatic heterocycles. The molecule has 2 heterocycles. The molecule has 1 unspecified atom stereocenters. The molecule has 6 nitrogen and oxygen atoms in total. The Morgan fingerprint density at radius 3 is 3.15 bits per heavy atom. The molecule has 2 rings (SSSR count). The predicted molar refractivity (Wildman–Crippen MR) is 76.3 cm³/mol. The van der Waals surface area contributed by atoms with Gasteiger partial charge in [0.05, 0.1) is 6.54 Å². The SMILES string of the molecule is COCC1CCCN(CC(=O)Nc2cccnn2)CC1. The Bertz CT molecular complexity index is 413. The third-order valence-corrected chi connectivity index (χ3v) is 3.55. The Labute approximate surface area is 119 Å². The molecule has 1 fully saturated rings. The molecule has 0 saturated carbocycles. The Morgan fingerprint density at radius 1 is 1.50 bits per heavy atom. The molecule has 20 heavy (non-hydrogen) atoms. The molecule has 1 saturated heterocycles. The van der Waals surface area contributed by atoms with Gasteiger partial charge in [0.15, 0.2) is 5.82 Å². The second kappa shape index (κ2) is 7.91. The molecule has 0 aliphatic carbocycles. The van der Waals surface area contributed by atoms with Gasteiger partial charge in [0.2, 0.25) is 5.91 Å². The zero-order chi connectivity index (χ0) is 14.2. The quantitative estimate of drug-likeness (QED) is 0.875. The number of carbonyl (C=O) groups is 1. The molecule has 1 atom stereocenters. The van der Waals surface area contributed by atoms with Crippen LogP contribution in [0, 0.1) is 5.92 Å². The van der Waals surface area contributed by atoms with Crippen molar-refractivity contribution < 1.29 is 9.53 Å². The molecule has 0 bridgehead atoms. The van der Waals surface area contributed by atoms with Gasteiger partial charge in [-0.25, -0.2) is 0 Å². The lowest BCUT2D eigenvalue weighted by Gasteiger charge is -2.19. The lowest BCUT2D eigenvalue weighted by molar-refractivity contribution is -0.117. The van der Waals surface area contributed by atoms with Gasteiger partial charge in [-0.1, -0.05) is 0 Å². The molecule has 0 spiro atoms. The smallest absolute Gasteiger partial charge is 0.239 e. The van der Waals surface area contributed by atoms with Gasteiger partial charge in [-0.3, -0.25) is 9.69 Å². The summed E-state index contributed by atoms with van der Waals surface area (Å²) in [5.41, 5.74) is 0. The Hall–Kier alpha value is -1.53. The van der Waals surface area contributed by atoms with E-state index in [0.29, 0.717) is 18.3 Å². The normalized spacial score (nSPS) is 20.4. The van der Waals surface area contributed by atoms with Crippen LogP contribution < -0.4 is 5.32 Å². The van der Waals surface area contributed by atoms with Crippen LogP contribution in [-0.4, -0.2) is 54.4 Å². The number of hydrogen-bond acceptors (Lipinski definition) is 5. The molecule has 0 radical (unpaired) electrons. The Morgan fingerprint density at radius 2 is 2.40 bits per heavy atom. The van der Waals surface area contributed by atoms with Crippen LogP contribution in [0.2, 0.25) is 0 Å². The number of likely N-dealkylation sites (tertiary alicyclic amines) is 1. The van der Waals surface area contributed by atoms with Crippen LogP contribution in [0.4, 0.5) is 5.82 Å². The lowest BCUT2D eigenvalue weighted by atomic mass is 10.0. The summed E-state index contributed by atoms with van der Waals surface area (Å²) in [5.74, 6) is 1.09. The zero-order valence-corrected chi connectivity index (χ0v) is 11.9. The first-order chi connectivity index (χ1) is 9.78. The number of nitrogens with one attached hydrogen (secondary N) is 1. The largest absolute Gasteiger partial charge is 0.384 e. The number of rotatable bonds is 5. The van der Waals surface area contributed by atoms with E-state index >= 15 is 0 Å². The highest BCUT2D eigenvalue weighted by Gasteiger charge is 2.18. The van der Waals surface area contributed by atoms with Crippen LogP contribution in [-0.2, 0) is 9.53 Å². The highest BCUT2D eigenvalue weighted by atomic mass is 16.5. The second-order valence-corrected chi connectivity index (χ2v) is 5.19. The molecule has 1 N–H and O–H groups in total. The molecular weight excluding hydrogens is 256 g/mol. The van der Waals surface area contributed by atoms with E-state index in [0.717, 1.165) is 32.5 Å². The number of nitrogens with zero attached hydrogens (tertiary/aromatic N) is 3. The predicted octanol–water partition coefficient (Wildman–Crippen LogP) is 1.16. The van der Waals surface area contributed by atoms with Gasteiger partial charge in [0, 0.05) is 19.9 Å². The van der Waals surface area contributed by atoms with Crippen molar-refractivity contribution in [2.24, 2.45) is 5.92 Å². The van der Waals surface area contributed by atoms with Crippen molar-refractivity contribution in [2.75, 3.05) is 38.7 Å². The highest BCUT2D eigenvalue weighted by Crippen LogP contribution is 2.17. The maximum Gasteiger partial charge on any atom is 0.239 e. The summed E-state index contributed by atoms with van der Waals surface area (Å²) in [6.45, 7) is 3.14. The molecule has 6 heteroatoms. The average Bonchev–Trinajstić information content (AvgIpc) is 2.66. The van der Waals surface area contributed by atoms with Gasteiger partial charge in [-0.15, -0.1) is 5.10 Å². The molecule has 1 aromatic rings. The van der Waals surface area contributed by atoms with Crippen LogP contribution in [0.5, 0.6) is 0 Å². The van der Waals surface area contributed by atoms with Crippen molar-refractivity contribution in [3.05, 3.63) is 18.3 Å². The van der Waals surface area contributed by atoms with Gasteiger partial charge in [-0.2, -0.15) is 5.10 Å². The minimum atomic E-state index is -0.0318. The van der Waals surface area contributed by atoms with Gasteiger partial charge in [0.1, 0.15) is 0 Å². The highest BCUT2D eigenvalue weighted by molar-refractivity contribution is 5.91.